The highest BCUT2D eigenvalue weighted by Crippen LogP contribution is 2.32. The van der Waals surface area contributed by atoms with E-state index in [4.69, 9.17) is 0 Å². The summed E-state index contributed by atoms with van der Waals surface area (Å²) in [7, 11) is 0. The van der Waals surface area contributed by atoms with E-state index < -0.39 is 0 Å². The number of para-hydroxylation sites is 1. The molecule has 0 saturated carbocycles. The Labute approximate surface area is 121 Å². The number of rotatable bonds is 4. The summed E-state index contributed by atoms with van der Waals surface area (Å²) in [6.45, 7) is 0.0560. The van der Waals surface area contributed by atoms with Gasteiger partial charge in [0.1, 0.15) is 0 Å². The summed E-state index contributed by atoms with van der Waals surface area (Å²) in [5.41, 5.74) is 0.979. The quantitative estimate of drug-likeness (QED) is 0.827. The van der Waals surface area contributed by atoms with Crippen molar-refractivity contribution in [3.05, 3.63) is 49.5 Å². The Balaban J connectivity index is 2.22. The van der Waals surface area contributed by atoms with Crippen LogP contribution in [0.15, 0.2) is 44.7 Å². The van der Waals surface area contributed by atoms with E-state index in [0.717, 1.165) is 19.5 Å². The van der Waals surface area contributed by atoms with Crippen molar-refractivity contribution in [2.45, 2.75) is 6.04 Å². The van der Waals surface area contributed by atoms with Crippen molar-refractivity contribution in [3.8, 4) is 0 Å². The molecule has 0 bridgehead atoms. The van der Waals surface area contributed by atoms with E-state index in [0.29, 0.717) is 0 Å². The zero-order chi connectivity index (χ0) is 12.3. The number of aliphatic hydroxyl groups excluding tert-OH is 1. The lowest BCUT2D eigenvalue weighted by Crippen LogP contribution is -2.14. The van der Waals surface area contributed by atoms with E-state index in [1.165, 1.54) is 0 Å². The second kappa shape index (κ2) is 6.00. The van der Waals surface area contributed by atoms with Crippen LogP contribution in [0, 0.1) is 0 Å². The van der Waals surface area contributed by atoms with Gasteiger partial charge in [0.15, 0.2) is 0 Å². The number of benzene rings is 1. The molecule has 0 fully saturated rings. The molecule has 0 amide bonds. The van der Waals surface area contributed by atoms with Gasteiger partial charge in [-0.2, -0.15) is 0 Å². The fourth-order valence-corrected chi connectivity index (χ4v) is 3.61. The van der Waals surface area contributed by atoms with Crippen LogP contribution in [0.1, 0.15) is 10.9 Å². The minimum absolute atomic E-state index is 0.0560. The maximum absolute atomic E-state index is 9.48. The monoisotopic (exact) mass is 375 g/mol. The van der Waals surface area contributed by atoms with Crippen LogP contribution in [-0.2, 0) is 0 Å². The average molecular weight is 377 g/mol. The predicted octanol–water partition coefficient (Wildman–Crippen LogP) is 4.42. The van der Waals surface area contributed by atoms with E-state index in [9.17, 15) is 5.11 Å². The summed E-state index contributed by atoms with van der Waals surface area (Å²) in [6.07, 6.45) is 0. The largest absolute Gasteiger partial charge is 0.394 e. The van der Waals surface area contributed by atoms with Crippen LogP contribution in [-0.4, -0.2) is 11.7 Å². The Morgan fingerprint density at radius 2 is 1.94 bits per heavy atom. The molecule has 0 radical (unpaired) electrons. The molecule has 0 spiro atoms. The van der Waals surface area contributed by atoms with Gasteiger partial charge in [0.2, 0.25) is 0 Å². The van der Waals surface area contributed by atoms with Gasteiger partial charge in [-0.25, -0.2) is 0 Å². The summed E-state index contributed by atoms with van der Waals surface area (Å²) >= 11 is 8.59. The van der Waals surface area contributed by atoms with E-state index in [1.54, 1.807) is 11.3 Å². The molecule has 2 aromatic rings. The van der Waals surface area contributed by atoms with Crippen LogP contribution in [0.2, 0.25) is 0 Å². The Bertz CT molecular complexity index is 501. The van der Waals surface area contributed by atoms with Crippen molar-refractivity contribution in [3.63, 3.8) is 0 Å². The maximum Gasteiger partial charge on any atom is 0.0849 e. The zero-order valence-electron chi connectivity index (χ0n) is 8.86. The molecule has 2 N–H and O–H groups in total. The fourth-order valence-electron chi connectivity index (χ4n) is 1.51. The van der Waals surface area contributed by atoms with Crippen molar-refractivity contribution in [2.24, 2.45) is 0 Å². The van der Waals surface area contributed by atoms with Crippen molar-refractivity contribution in [1.29, 1.82) is 0 Å². The summed E-state index contributed by atoms with van der Waals surface area (Å²) in [4.78, 5) is 1.10. The molecule has 0 aliphatic heterocycles. The molecule has 1 atom stereocenters. The molecule has 1 unspecified atom stereocenters. The van der Waals surface area contributed by atoms with Gasteiger partial charge in [-0.1, -0.05) is 12.1 Å². The minimum atomic E-state index is -0.0944. The molecular formula is C12H11Br2NOS. The first kappa shape index (κ1) is 13.1. The molecule has 2 rings (SSSR count). The summed E-state index contributed by atoms with van der Waals surface area (Å²) in [5.74, 6) is 0. The van der Waals surface area contributed by atoms with Gasteiger partial charge in [0.05, 0.1) is 12.6 Å². The van der Waals surface area contributed by atoms with Gasteiger partial charge in [0, 0.05) is 19.5 Å². The van der Waals surface area contributed by atoms with Gasteiger partial charge >= 0.3 is 0 Å². The summed E-state index contributed by atoms with van der Waals surface area (Å²) < 4.78 is 2.02. The van der Waals surface area contributed by atoms with Crippen molar-refractivity contribution < 1.29 is 5.11 Å². The number of aliphatic hydroxyl groups is 1. The highest BCUT2D eigenvalue weighted by molar-refractivity contribution is 9.11. The van der Waals surface area contributed by atoms with Crippen LogP contribution in [0.3, 0.4) is 0 Å². The number of hydrogen-bond acceptors (Lipinski definition) is 3. The molecular weight excluding hydrogens is 366 g/mol. The van der Waals surface area contributed by atoms with Crippen molar-refractivity contribution in [1.82, 2.24) is 0 Å². The van der Waals surface area contributed by atoms with Crippen LogP contribution < -0.4 is 5.32 Å². The first-order valence-electron chi connectivity index (χ1n) is 5.07. The third-order valence-electron chi connectivity index (χ3n) is 2.35. The molecule has 2 nitrogen and oxygen atoms in total. The van der Waals surface area contributed by atoms with Gasteiger partial charge < -0.3 is 10.4 Å². The molecule has 1 aromatic heterocycles. The minimum Gasteiger partial charge on any atom is -0.394 e. The molecule has 0 aliphatic rings. The normalized spacial score (nSPS) is 12.4. The zero-order valence-corrected chi connectivity index (χ0v) is 12.8. The maximum atomic E-state index is 9.48. The Kier molecular flexibility index (Phi) is 4.62. The number of hydrogen-bond donors (Lipinski definition) is 2. The number of halogens is 2. The van der Waals surface area contributed by atoms with Crippen molar-refractivity contribution in [2.75, 3.05) is 11.9 Å². The topological polar surface area (TPSA) is 32.3 Å². The van der Waals surface area contributed by atoms with Crippen LogP contribution in [0.4, 0.5) is 5.69 Å². The average Bonchev–Trinajstić information content (AvgIpc) is 2.75. The molecule has 90 valence electrons. The van der Waals surface area contributed by atoms with Crippen LogP contribution in [0.25, 0.3) is 0 Å². The fraction of sp³-hybridized carbons (Fsp3) is 0.167. The number of nitrogens with one attached hydrogen (secondary N) is 1. The first-order valence-corrected chi connectivity index (χ1v) is 7.53. The highest BCUT2D eigenvalue weighted by Gasteiger charge is 2.15. The Morgan fingerprint density at radius 3 is 2.53 bits per heavy atom. The Hall–Kier alpha value is -0.360. The lowest BCUT2D eigenvalue weighted by atomic mass is 10.2. The smallest absolute Gasteiger partial charge is 0.0849 e. The predicted molar refractivity (Wildman–Crippen MR) is 79.6 cm³/mol. The third-order valence-corrected chi connectivity index (χ3v) is 5.02. The lowest BCUT2D eigenvalue weighted by Gasteiger charge is -2.17. The lowest BCUT2D eigenvalue weighted by molar-refractivity contribution is 0.277. The van der Waals surface area contributed by atoms with E-state index in [-0.39, 0.29) is 12.6 Å². The number of anilines is 1. The summed E-state index contributed by atoms with van der Waals surface area (Å²) in [6, 6.07) is 9.77. The molecule has 0 saturated heterocycles. The highest BCUT2D eigenvalue weighted by atomic mass is 79.9. The SMILES string of the molecule is OCC(Nc1ccccc1Br)c1sccc1Br. The molecule has 17 heavy (non-hydrogen) atoms. The first-order chi connectivity index (χ1) is 8.22. The number of thiophene rings is 1. The van der Waals surface area contributed by atoms with E-state index in [1.807, 2.05) is 35.7 Å². The van der Waals surface area contributed by atoms with Crippen LogP contribution in [0.5, 0.6) is 0 Å². The van der Waals surface area contributed by atoms with Gasteiger partial charge in [-0.3, -0.25) is 0 Å². The molecule has 1 aromatic carbocycles. The molecule has 0 aliphatic carbocycles. The van der Waals surface area contributed by atoms with Crippen LogP contribution >= 0.6 is 43.2 Å². The Morgan fingerprint density at radius 1 is 1.18 bits per heavy atom. The third kappa shape index (κ3) is 3.10. The second-order valence-corrected chi connectivity index (χ2v) is 6.15. The second-order valence-electron chi connectivity index (χ2n) is 3.49. The van der Waals surface area contributed by atoms with Crippen molar-refractivity contribution >= 4 is 48.9 Å². The summed E-state index contributed by atoms with van der Waals surface area (Å²) in [5, 5.41) is 14.8. The molecule has 1 heterocycles. The van der Waals surface area contributed by atoms with Gasteiger partial charge in [-0.15, -0.1) is 11.3 Å². The van der Waals surface area contributed by atoms with Gasteiger partial charge in [-0.05, 0) is 55.4 Å². The molecule has 5 heteroatoms. The van der Waals surface area contributed by atoms with E-state index in [2.05, 4.69) is 37.2 Å². The van der Waals surface area contributed by atoms with E-state index >= 15 is 0 Å². The standard InChI is InChI=1S/C12H11Br2NOS/c13-8-3-1-2-4-10(8)15-11(7-16)12-9(14)5-6-17-12/h1-6,11,15-16H,7H2. The van der Waals surface area contributed by atoms with Gasteiger partial charge in [0.25, 0.3) is 0 Å².